The molecule has 0 heterocycles. The maximum absolute atomic E-state index is 5.92. The summed E-state index contributed by atoms with van der Waals surface area (Å²) in [4.78, 5) is 0. The van der Waals surface area contributed by atoms with E-state index in [4.69, 9.17) is 10.5 Å². The standard InChI is InChI=1S/C15H16BrNO/c1-2-11-6-8-12(9-7-11)18-10-13-14(16)4-3-5-15(13)17/h3-9H,2,10,17H2,1H3. The molecule has 94 valence electrons. The molecular formula is C15H16BrNO. The smallest absolute Gasteiger partial charge is 0.119 e. The van der Waals surface area contributed by atoms with Gasteiger partial charge in [-0.2, -0.15) is 0 Å². The van der Waals surface area contributed by atoms with Crippen molar-refractivity contribution in [3.63, 3.8) is 0 Å². The molecule has 0 aliphatic rings. The summed E-state index contributed by atoms with van der Waals surface area (Å²) < 4.78 is 6.72. The third-order valence-electron chi connectivity index (χ3n) is 2.87. The molecule has 2 rings (SSSR count). The third kappa shape index (κ3) is 3.05. The van der Waals surface area contributed by atoms with Crippen molar-refractivity contribution in [1.82, 2.24) is 0 Å². The lowest BCUT2D eigenvalue weighted by Crippen LogP contribution is -2.01. The average Bonchev–Trinajstić information content (AvgIpc) is 2.39. The number of halogens is 1. The molecule has 0 aromatic heterocycles. The molecule has 0 saturated carbocycles. The Bertz CT molecular complexity index is 502. The predicted molar refractivity (Wildman–Crippen MR) is 78.7 cm³/mol. The minimum Gasteiger partial charge on any atom is -0.489 e. The summed E-state index contributed by atoms with van der Waals surface area (Å²) in [6.07, 6.45) is 1.04. The summed E-state index contributed by atoms with van der Waals surface area (Å²) in [7, 11) is 0. The highest BCUT2D eigenvalue weighted by Gasteiger charge is 2.04. The monoisotopic (exact) mass is 305 g/mol. The molecule has 2 aromatic rings. The Morgan fingerprint density at radius 1 is 1.11 bits per heavy atom. The zero-order chi connectivity index (χ0) is 13.0. The number of anilines is 1. The zero-order valence-corrected chi connectivity index (χ0v) is 11.9. The second-order valence-electron chi connectivity index (χ2n) is 4.09. The van der Waals surface area contributed by atoms with E-state index in [2.05, 4.69) is 35.0 Å². The molecule has 0 aliphatic carbocycles. The van der Waals surface area contributed by atoms with E-state index in [1.54, 1.807) is 0 Å². The number of nitrogens with two attached hydrogens (primary N) is 1. The van der Waals surface area contributed by atoms with E-state index in [-0.39, 0.29) is 0 Å². The second-order valence-corrected chi connectivity index (χ2v) is 4.95. The highest BCUT2D eigenvalue weighted by atomic mass is 79.9. The lowest BCUT2D eigenvalue weighted by molar-refractivity contribution is 0.306. The van der Waals surface area contributed by atoms with Crippen LogP contribution in [0.1, 0.15) is 18.1 Å². The minimum absolute atomic E-state index is 0.471. The third-order valence-corrected chi connectivity index (χ3v) is 3.61. The van der Waals surface area contributed by atoms with Crippen molar-refractivity contribution in [2.24, 2.45) is 0 Å². The Hall–Kier alpha value is -1.48. The zero-order valence-electron chi connectivity index (χ0n) is 10.3. The van der Waals surface area contributed by atoms with Gasteiger partial charge in [0.2, 0.25) is 0 Å². The van der Waals surface area contributed by atoms with Crippen LogP contribution in [0.15, 0.2) is 46.9 Å². The van der Waals surface area contributed by atoms with E-state index in [1.807, 2.05) is 30.3 Å². The van der Waals surface area contributed by atoms with Gasteiger partial charge in [-0.25, -0.2) is 0 Å². The van der Waals surface area contributed by atoms with Gasteiger partial charge in [0.1, 0.15) is 12.4 Å². The van der Waals surface area contributed by atoms with Gasteiger partial charge in [0.25, 0.3) is 0 Å². The predicted octanol–water partition coefficient (Wildman–Crippen LogP) is 4.17. The maximum Gasteiger partial charge on any atom is 0.119 e. The maximum atomic E-state index is 5.92. The molecule has 2 aromatic carbocycles. The first kappa shape index (κ1) is 13.0. The summed E-state index contributed by atoms with van der Waals surface area (Å²) in [5.74, 6) is 0.863. The SMILES string of the molecule is CCc1ccc(OCc2c(N)cccc2Br)cc1. The quantitative estimate of drug-likeness (QED) is 0.860. The summed E-state index contributed by atoms with van der Waals surface area (Å²) in [5.41, 5.74) is 8.96. The van der Waals surface area contributed by atoms with Crippen LogP contribution in [0, 0.1) is 0 Å². The van der Waals surface area contributed by atoms with E-state index in [0.717, 1.165) is 27.9 Å². The van der Waals surface area contributed by atoms with Gasteiger partial charge >= 0.3 is 0 Å². The van der Waals surface area contributed by atoms with Crippen LogP contribution in [0.2, 0.25) is 0 Å². The van der Waals surface area contributed by atoms with Gasteiger partial charge in [0.05, 0.1) is 0 Å². The fourth-order valence-electron chi connectivity index (χ4n) is 1.70. The van der Waals surface area contributed by atoms with Crippen molar-refractivity contribution in [2.75, 3.05) is 5.73 Å². The Labute approximate surface area is 116 Å². The van der Waals surface area contributed by atoms with E-state index < -0.39 is 0 Å². The van der Waals surface area contributed by atoms with E-state index in [1.165, 1.54) is 5.56 Å². The van der Waals surface area contributed by atoms with Gasteiger partial charge < -0.3 is 10.5 Å². The number of ether oxygens (including phenoxy) is 1. The lowest BCUT2D eigenvalue weighted by atomic mass is 10.1. The van der Waals surface area contributed by atoms with Crippen molar-refractivity contribution in [1.29, 1.82) is 0 Å². The fraction of sp³-hybridized carbons (Fsp3) is 0.200. The topological polar surface area (TPSA) is 35.2 Å². The Balaban J connectivity index is 2.06. The first-order chi connectivity index (χ1) is 8.70. The Kier molecular flexibility index (Phi) is 4.26. The first-order valence-corrected chi connectivity index (χ1v) is 6.74. The van der Waals surface area contributed by atoms with Gasteiger partial charge in [0, 0.05) is 15.7 Å². The number of hydrogen-bond donors (Lipinski definition) is 1. The van der Waals surface area contributed by atoms with E-state index in [0.29, 0.717) is 6.61 Å². The molecule has 3 heteroatoms. The minimum atomic E-state index is 0.471. The molecule has 0 radical (unpaired) electrons. The molecule has 0 atom stereocenters. The van der Waals surface area contributed by atoms with Gasteiger partial charge in [-0.3, -0.25) is 0 Å². The van der Waals surface area contributed by atoms with Gasteiger partial charge in [-0.1, -0.05) is 41.1 Å². The van der Waals surface area contributed by atoms with E-state index in [9.17, 15) is 0 Å². The Morgan fingerprint density at radius 3 is 2.44 bits per heavy atom. The van der Waals surface area contributed by atoms with E-state index >= 15 is 0 Å². The summed E-state index contributed by atoms with van der Waals surface area (Å²) >= 11 is 3.48. The van der Waals surface area contributed by atoms with Crippen molar-refractivity contribution in [3.8, 4) is 5.75 Å². The molecule has 0 aliphatic heterocycles. The highest BCUT2D eigenvalue weighted by molar-refractivity contribution is 9.10. The summed E-state index contributed by atoms with van der Waals surface area (Å²) in [6, 6.07) is 13.9. The van der Waals surface area contributed by atoms with Crippen LogP contribution in [0.4, 0.5) is 5.69 Å². The van der Waals surface area contributed by atoms with Crippen LogP contribution in [-0.2, 0) is 13.0 Å². The van der Waals surface area contributed by atoms with Crippen LogP contribution in [-0.4, -0.2) is 0 Å². The van der Waals surface area contributed by atoms with Crippen LogP contribution >= 0.6 is 15.9 Å². The van der Waals surface area contributed by atoms with Crippen molar-refractivity contribution in [3.05, 3.63) is 58.1 Å². The summed E-state index contributed by atoms with van der Waals surface area (Å²) in [5, 5.41) is 0. The number of nitrogen functional groups attached to an aromatic ring is 1. The molecule has 0 unspecified atom stereocenters. The highest BCUT2D eigenvalue weighted by Crippen LogP contribution is 2.24. The molecule has 0 amide bonds. The van der Waals surface area contributed by atoms with Crippen molar-refractivity contribution < 1.29 is 4.74 Å². The van der Waals surface area contributed by atoms with Crippen molar-refractivity contribution in [2.45, 2.75) is 20.0 Å². The number of aryl methyl sites for hydroxylation is 1. The number of rotatable bonds is 4. The molecule has 18 heavy (non-hydrogen) atoms. The average molecular weight is 306 g/mol. The molecule has 2 N–H and O–H groups in total. The van der Waals surface area contributed by atoms with Gasteiger partial charge in [-0.05, 0) is 36.2 Å². The summed E-state index contributed by atoms with van der Waals surface area (Å²) in [6.45, 7) is 2.61. The second kappa shape index (κ2) is 5.91. The molecule has 0 spiro atoms. The van der Waals surface area contributed by atoms with Crippen molar-refractivity contribution >= 4 is 21.6 Å². The molecule has 2 nitrogen and oxygen atoms in total. The molecular weight excluding hydrogens is 290 g/mol. The normalized spacial score (nSPS) is 10.3. The number of benzene rings is 2. The molecule has 0 fully saturated rings. The van der Waals surface area contributed by atoms with Gasteiger partial charge in [0.15, 0.2) is 0 Å². The van der Waals surface area contributed by atoms with Crippen LogP contribution in [0.3, 0.4) is 0 Å². The Morgan fingerprint density at radius 2 is 1.83 bits per heavy atom. The lowest BCUT2D eigenvalue weighted by Gasteiger charge is -2.10. The molecule has 0 saturated heterocycles. The van der Waals surface area contributed by atoms with Crippen LogP contribution in [0.25, 0.3) is 0 Å². The fourth-order valence-corrected chi connectivity index (χ4v) is 2.20. The largest absolute Gasteiger partial charge is 0.489 e. The molecule has 0 bridgehead atoms. The van der Waals surface area contributed by atoms with Gasteiger partial charge in [-0.15, -0.1) is 0 Å². The van der Waals surface area contributed by atoms with Crippen LogP contribution in [0.5, 0.6) is 5.75 Å². The number of hydrogen-bond acceptors (Lipinski definition) is 2. The van der Waals surface area contributed by atoms with Crippen LogP contribution < -0.4 is 10.5 Å². The first-order valence-electron chi connectivity index (χ1n) is 5.95.